The number of carbonyl (C=O) groups excluding carboxylic acids is 1. The summed E-state index contributed by atoms with van der Waals surface area (Å²) in [6.07, 6.45) is 5.68. The summed E-state index contributed by atoms with van der Waals surface area (Å²) in [5.74, 6) is 0.229. The number of amides is 1. The Morgan fingerprint density at radius 3 is 2.73 bits per heavy atom. The minimum atomic E-state index is 0. The van der Waals surface area contributed by atoms with Gasteiger partial charge in [0.2, 0.25) is 5.91 Å². The van der Waals surface area contributed by atoms with Crippen molar-refractivity contribution < 1.29 is 4.79 Å². The van der Waals surface area contributed by atoms with Gasteiger partial charge in [-0.3, -0.25) is 4.79 Å². The fourth-order valence-corrected chi connectivity index (χ4v) is 1.20. The molecular weight excluding hydrogens is 140 g/mol. The minimum absolute atomic E-state index is 0. The highest BCUT2D eigenvalue weighted by molar-refractivity contribution is 5.77. The zero-order chi connectivity index (χ0) is 7.40. The van der Waals surface area contributed by atoms with Gasteiger partial charge in [0.1, 0.15) is 0 Å². The maximum atomic E-state index is 11.1. The first kappa shape index (κ1) is 10.2. The second kappa shape index (κ2) is 4.91. The molecule has 1 saturated heterocycles. The van der Waals surface area contributed by atoms with Crippen LogP contribution >= 0.6 is 0 Å². The molecule has 0 unspecified atom stereocenters. The van der Waals surface area contributed by atoms with Crippen LogP contribution in [0, 0.1) is 0 Å². The summed E-state index contributed by atoms with van der Waals surface area (Å²) in [7, 11) is 0. The first-order valence-electron chi connectivity index (χ1n) is 3.76. The Kier molecular flexibility index (Phi) is 4.54. The molecule has 0 saturated carbocycles. The van der Waals surface area contributed by atoms with Gasteiger partial charge in [-0.05, 0) is 19.0 Å². The average Bonchev–Trinajstić information content (AvgIpc) is 2.13. The first-order valence-corrected chi connectivity index (χ1v) is 3.76. The van der Waals surface area contributed by atoms with Gasteiger partial charge in [0, 0.05) is 13.0 Å². The van der Waals surface area contributed by atoms with Gasteiger partial charge in [0.15, 0.2) is 0 Å². The van der Waals surface area contributed by atoms with Crippen molar-refractivity contribution in [2.24, 2.45) is 0 Å². The Morgan fingerprint density at radius 2 is 2.09 bits per heavy atom. The molecule has 1 fully saturated rings. The summed E-state index contributed by atoms with van der Waals surface area (Å²) in [5, 5.41) is 0. The van der Waals surface area contributed by atoms with Crippen LogP contribution in [0.3, 0.4) is 0 Å². The third-order valence-corrected chi connectivity index (χ3v) is 1.83. The molecule has 1 aliphatic heterocycles. The van der Waals surface area contributed by atoms with Crippen LogP contribution in [0.5, 0.6) is 0 Å². The van der Waals surface area contributed by atoms with Crippen LogP contribution in [0.2, 0.25) is 0 Å². The Balaban J connectivity index is 0.000001000. The summed E-state index contributed by atoms with van der Waals surface area (Å²) in [4.78, 5) is 12.8. The third-order valence-electron chi connectivity index (χ3n) is 1.83. The monoisotopic (exact) mass is 156 g/mol. The second-order valence-electron chi connectivity index (χ2n) is 2.58. The number of nitrogens with zero attached hydrogens (tertiary/aromatic N) is 1. The van der Waals surface area contributed by atoms with E-state index in [1.165, 1.54) is 6.42 Å². The Morgan fingerprint density at radius 1 is 1.36 bits per heavy atom. The maximum absolute atomic E-state index is 11.1. The summed E-state index contributed by atoms with van der Waals surface area (Å²) in [5.41, 5.74) is 0. The molecule has 3 nitrogen and oxygen atoms in total. The van der Waals surface area contributed by atoms with E-state index in [1.54, 1.807) is 11.1 Å². The van der Waals surface area contributed by atoms with Crippen LogP contribution in [0.25, 0.3) is 0 Å². The zero-order valence-corrected chi connectivity index (χ0v) is 6.88. The van der Waals surface area contributed by atoms with E-state index in [-0.39, 0.29) is 12.1 Å². The smallest absolute Gasteiger partial charge is 0.226 e. The largest absolute Gasteiger partial charge is 0.344 e. The van der Waals surface area contributed by atoms with Crippen molar-refractivity contribution >= 4 is 5.91 Å². The molecule has 1 amide bonds. The van der Waals surface area contributed by atoms with Crippen LogP contribution in [0.4, 0.5) is 0 Å². The number of likely N-dealkylation sites (tertiary alicyclic amines) is 1. The molecule has 64 valence electrons. The molecule has 0 aliphatic carbocycles. The number of carbonyl (C=O) groups is 1. The number of hydrogen-bond donors (Lipinski definition) is 1. The average molecular weight is 156 g/mol. The molecule has 0 aromatic carbocycles. The molecule has 0 bridgehead atoms. The summed E-state index contributed by atoms with van der Waals surface area (Å²) >= 11 is 0. The van der Waals surface area contributed by atoms with Crippen molar-refractivity contribution in [2.45, 2.75) is 25.7 Å². The highest BCUT2D eigenvalue weighted by Crippen LogP contribution is 2.10. The van der Waals surface area contributed by atoms with Gasteiger partial charge in [-0.1, -0.05) is 13.0 Å². The van der Waals surface area contributed by atoms with Gasteiger partial charge in [-0.15, -0.1) is 0 Å². The molecule has 3 N–H and O–H groups in total. The molecule has 3 heteroatoms. The van der Waals surface area contributed by atoms with Crippen LogP contribution in [0.15, 0.2) is 12.8 Å². The lowest BCUT2D eigenvalue weighted by Crippen LogP contribution is -2.23. The van der Waals surface area contributed by atoms with E-state index in [4.69, 9.17) is 0 Å². The molecule has 0 aromatic rings. The van der Waals surface area contributed by atoms with Crippen molar-refractivity contribution in [1.29, 1.82) is 0 Å². The number of hydrogen-bond acceptors (Lipinski definition) is 2. The Bertz CT molecular complexity index is 145. The van der Waals surface area contributed by atoms with Crippen LogP contribution in [0.1, 0.15) is 25.7 Å². The molecule has 0 atom stereocenters. The molecular formula is C8H16N2O. The zero-order valence-electron chi connectivity index (χ0n) is 6.88. The highest BCUT2D eigenvalue weighted by Gasteiger charge is 2.12. The van der Waals surface area contributed by atoms with E-state index >= 15 is 0 Å². The Hall–Kier alpha value is -0.830. The van der Waals surface area contributed by atoms with E-state index < -0.39 is 0 Å². The molecule has 1 aliphatic rings. The lowest BCUT2D eigenvalue weighted by atomic mass is 10.2. The van der Waals surface area contributed by atoms with Crippen LogP contribution in [-0.4, -0.2) is 17.4 Å². The highest BCUT2D eigenvalue weighted by atomic mass is 16.2. The lowest BCUT2D eigenvalue weighted by Gasteiger charge is -2.13. The molecule has 1 heterocycles. The predicted octanol–water partition coefficient (Wildman–Crippen LogP) is 1.69. The van der Waals surface area contributed by atoms with Gasteiger partial charge < -0.3 is 11.1 Å². The summed E-state index contributed by atoms with van der Waals surface area (Å²) < 4.78 is 0. The van der Waals surface area contributed by atoms with Crippen molar-refractivity contribution in [3.63, 3.8) is 0 Å². The maximum Gasteiger partial charge on any atom is 0.226 e. The van der Waals surface area contributed by atoms with E-state index in [1.807, 2.05) is 0 Å². The SMILES string of the molecule is C=CN1CCCCCC1=O.N. The van der Waals surface area contributed by atoms with E-state index in [0.717, 1.165) is 19.4 Å². The molecule has 0 aromatic heterocycles. The molecule has 0 spiro atoms. The first-order chi connectivity index (χ1) is 4.84. The standard InChI is InChI=1S/C8H13NO.H3N/c1-2-9-7-5-3-4-6-8(9)10;/h2H,1,3-7H2;1H3. The van der Waals surface area contributed by atoms with Crippen molar-refractivity contribution in [3.05, 3.63) is 12.8 Å². The second-order valence-corrected chi connectivity index (χ2v) is 2.58. The van der Waals surface area contributed by atoms with E-state index in [9.17, 15) is 4.79 Å². The third kappa shape index (κ3) is 2.72. The van der Waals surface area contributed by atoms with Crippen LogP contribution < -0.4 is 6.15 Å². The molecule has 1 rings (SSSR count). The topological polar surface area (TPSA) is 55.3 Å². The summed E-state index contributed by atoms with van der Waals surface area (Å²) in [6.45, 7) is 4.44. The van der Waals surface area contributed by atoms with Gasteiger partial charge in [0.25, 0.3) is 0 Å². The minimum Gasteiger partial charge on any atom is -0.344 e. The fourth-order valence-electron chi connectivity index (χ4n) is 1.20. The predicted molar refractivity (Wildman–Crippen MR) is 45.4 cm³/mol. The molecule has 0 radical (unpaired) electrons. The van der Waals surface area contributed by atoms with Crippen LogP contribution in [-0.2, 0) is 4.79 Å². The van der Waals surface area contributed by atoms with Gasteiger partial charge >= 0.3 is 0 Å². The summed E-state index contributed by atoms with van der Waals surface area (Å²) in [6, 6.07) is 0. The van der Waals surface area contributed by atoms with Crippen molar-refractivity contribution in [3.8, 4) is 0 Å². The van der Waals surface area contributed by atoms with Gasteiger partial charge in [0.05, 0.1) is 0 Å². The fraction of sp³-hybridized carbons (Fsp3) is 0.625. The molecule has 11 heavy (non-hydrogen) atoms. The van der Waals surface area contributed by atoms with Gasteiger partial charge in [-0.2, -0.15) is 0 Å². The Labute approximate surface area is 67.7 Å². The quantitative estimate of drug-likeness (QED) is 0.628. The van der Waals surface area contributed by atoms with E-state index in [2.05, 4.69) is 6.58 Å². The van der Waals surface area contributed by atoms with Gasteiger partial charge in [-0.25, -0.2) is 0 Å². The lowest BCUT2D eigenvalue weighted by molar-refractivity contribution is -0.128. The van der Waals surface area contributed by atoms with Crippen molar-refractivity contribution in [1.82, 2.24) is 11.1 Å². The van der Waals surface area contributed by atoms with E-state index in [0.29, 0.717) is 6.42 Å². The number of rotatable bonds is 1. The van der Waals surface area contributed by atoms with Crippen molar-refractivity contribution in [2.75, 3.05) is 6.54 Å². The normalized spacial score (nSPS) is 18.5.